The van der Waals surface area contributed by atoms with E-state index in [1.807, 2.05) is 0 Å². The van der Waals surface area contributed by atoms with E-state index < -0.39 is 0 Å². The quantitative estimate of drug-likeness (QED) is 0.438. The highest BCUT2D eigenvalue weighted by atomic mass is 16.2. The van der Waals surface area contributed by atoms with E-state index in [9.17, 15) is 14.4 Å². The first-order valence-electron chi connectivity index (χ1n) is 8.09. The van der Waals surface area contributed by atoms with E-state index in [1.165, 1.54) is 18.5 Å². The zero-order valence-corrected chi connectivity index (χ0v) is 14.5. The average Bonchev–Trinajstić information content (AvgIpc) is 2.89. The highest BCUT2D eigenvalue weighted by Gasteiger charge is 2.15. The Morgan fingerprint density at radius 2 is 2.04 bits per heavy atom. The van der Waals surface area contributed by atoms with Crippen LogP contribution in [0, 0.1) is 0 Å². The van der Waals surface area contributed by atoms with Gasteiger partial charge in [-0.25, -0.2) is 4.79 Å². The first kappa shape index (κ1) is 18.4. The number of nitrogens with zero attached hydrogens (tertiary/aromatic N) is 2. The fraction of sp³-hybridized carbons (Fsp3) is 0.333. The first-order chi connectivity index (χ1) is 11.9. The summed E-state index contributed by atoms with van der Waals surface area (Å²) in [5.74, 6) is -0.245. The Morgan fingerprint density at radius 1 is 1.28 bits per heavy atom. The summed E-state index contributed by atoms with van der Waals surface area (Å²) in [5, 5.41) is 10.4. The minimum Gasteiger partial charge on any atom is -0.338 e. The molecule has 0 fully saturated rings. The monoisotopic (exact) mass is 342 g/mol. The molecular weight excluding hydrogens is 320 g/mol. The van der Waals surface area contributed by atoms with Gasteiger partial charge in [-0.15, -0.1) is 6.58 Å². The summed E-state index contributed by atoms with van der Waals surface area (Å²) in [6, 6.07) is 4.83. The number of hydrogen-bond acceptors (Lipinski definition) is 4. The van der Waals surface area contributed by atoms with E-state index in [0.717, 1.165) is 12.8 Å². The van der Waals surface area contributed by atoms with Crippen molar-refractivity contribution in [1.29, 1.82) is 0 Å². The summed E-state index contributed by atoms with van der Waals surface area (Å²) >= 11 is 0. The number of carbonyl (C=O) groups is 3. The molecule has 2 rings (SSSR count). The Bertz CT molecular complexity index is 823. The molecule has 0 aliphatic rings. The van der Waals surface area contributed by atoms with Crippen molar-refractivity contribution < 1.29 is 14.4 Å². The second kappa shape index (κ2) is 8.23. The molecule has 0 aliphatic heterocycles. The second-order valence-electron chi connectivity index (χ2n) is 5.81. The van der Waals surface area contributed by atoms with Crippen LogP contribution in [-0.4, -0.2) is 33.9 Å². The van der Waals surface area contributed by atoms with Crippen LogP contribution in [0.1, 0.15) is 37.2 Å². The normalized spacial score (nSPS) is 10.5. The number of urea groups is 1. The summed E-state index contributed by atoms with van der Waals surface area (Å²) < 4.78 is 1.49. The predicted molar refractivity (Wildman–Crippen MR) is 96.9 cm³/mol. The van der Waals surface area contributed by atoms with E-state index in [2.05, 4.69) is 22.3 Å². The summed E-state index contributed by atoms with van der Waals surface area (Å²) in [7, 11) is 0. The average molecular weight is 342 g/mol. The number of hydrogen-bond donors (Lipinski definition) is 2. The standard InChI is InChI=1S/C18H22N4O3/c1-4-5-6-9-19-18(25)20-14-7-8-15-16(10-14)22(11-12(2)23)21-17(15)13(3)24/h4,7-8,10H,1,5-6,9,11H2,2-3H3,(H2,19,20,25). The zero-order valence-electron chi connectivity index (χ0n) is 14.5. The lowest BCUT2D eigenvalue weighted by atomic mass is 10.1. The molecule has 2 amide bonds. The molecule has 0 aliphatic carbocycles. The van der Waals surface area contributed by atoms with Gasteiger partial charge in [-0.2, -0.15) is 5.10 Å². The largest absolute Gasteiger partial charge is 0.338 e. The topological polar surface area (TPSA) is 93.1 Å². The molecular formula is C18H22N4O3. The highest BCUT2D eigenvalue weighted by molar-refractivity contribution is 6.06. The zero-order chi connectivity index (χ0) is 18.4. The third-order valence-electron chi connectivity index (χ3n) is 3.59. The summed E-state index contributed by atoms with van der Waals surface area (Å²) in [6.07, 6.45) is 3.46. The van der Waals surface area contributed by atoms with Gasteiger partial charge in [0.15, 0.2) is 11.6 Å². The van der Waals surface area contributed by atoms with Gasteiger partial charge in [0, 0.05) is 24.5 Å². The number of unbranched alkanes of at least 4 members (excludes halogenated alkanes) is 1. The van der Waals surface area contributed by atoms with Crippen LogP contribution < -0.4 is 10.6 Å². The maximum absolute atomic E-state index is 11.9. The molecule has 0 bridgehead atoms. The van der Waals surface area contributed by atoms with Crippen LogP contribution in [0.2, 0.25) is 0 Å². The van der Waals surface area contributed by atoms with Crippen LogP contribution in [0.4, 0.5) is 10.5 Å². The minimum absolute atomic E-state index is 0.0704. The molecule has 0 radical (unpaired) electrons. The molecule has 25 heavy (non-hydrogen) atoms. The number of anilines is 1. The molecule has 0 spiro atoms. The highest BCUT2D eigenvalue weighted by Crippen LogP contribution is 2.23. The lowest BCUT2D eigenvalue weighted by Crippen LogP contribution is -2.29. The molecule has 1 aromatic heterocycles. The number of carbonyl (C=O) groups excluding carboxylic acids is 3. The third kappa shape index (κ3) is 4.76. The number of fused-ring (bicyclic) bond motifs is 1. The number of aromatic nitrogens is 2. The Hall–Kier alpha value is -2.96. The van der Waals surface area contributed by atoms with Crippen LogP contribution in [0.3, 0.4) is 0 Å². The lowest BCUT2D eigenvalue weighted by molar-refractivity contribution is -0.117. The number of allylic oxidation sites excluding steroid dienone is 1. The van der Waals surface area contributed by atoms with E-state index in [0.29, 0.717) is 28.8 Å². The molecule has 132 valence electrons. The van der Waals surface area contributed by atoms with Crippen molar-refractivity contribution in [2.75, 3.05) is 11.9 Å². The lowest BCUT2D eigenvalue weighted by Gasteiger charge is -2.08. The fourth-order valence-electron chi connectivity index (χ4n) is 2.47. The maximum Gasteiger partial charge on any atom is 0.319 e. The van der Waals surface area contributed by atoms with Crippen molar-refractivity contribution >= 4 is 34.2 Å². The molecule has 0 atom stereocenters. The van der Waals surface area contributed by atoms with Crippen molar-refractivity contribution in [2.24, 2.45) is 0 Å². The molecule has 7 heteroatoms. The van der Waals surface area contributed by atoms with E-state index in [1.54, 1.807) is 24.3 Å². The summed E-state index contributed by atoms with van der Waals surface area (Å²) in [6.45, 7) is 7.15. The predicted octanol–water partition coefficient (Wildman–Crippen LogP) is 2.92. The number of benzene rings is 1. The van der Waals surface area contributed by atoms with Crippen molar-refractivity contribution in [3.05, 3.63) is 36.5 Å². The van der Waals surface area contributed by atoms with E-state index >= 15 is 0 Å². The van der Waals surface area contributed by atoms with Gasteiger partial charge in [0.25, 0.3) is 0 Å². The molecule has 0 saturated carbocycles. The number of Topliss-reactive ketones (excluding diaryl/α,β-unsaturated/α-hetero) is 2. The van der Waals surface area contributed by atoms with Gasteiger partial charge in [-0.05, 0) is 38.0 Å². The van der Waals surface area contributed by atoms with Crippen LogP contribution in [0.25, 0.3) is 10.9 Å². The van der Waals surface area contributed by atoms with Crippen molar-refractivity contribution in [3.63, 3.8) is 0 Å². The first-order valence-corrected chi connectivity index (χ1v) is 8.09. The molecule has 7 nitrogen and oxygen atoms in total. The minimum atomic E-state index is -0.312. The van der Waals surface area contributed by atoms with Gasteiger partial charge < -0.3 is 10.6 Å². The van der Waals surface area contributed by atoms with Crippen LogP contribution in [-0.2, 0) is 11.3 Å². The molecule has 1 aromatic carbocycles. The SMILES string of the molecule is C=CCCCNC(=O)Nc1ccc2c(C(C)=O)nn(CC(C)=O)c2c1. The molecule has 1 heterocycles. The van der Waals surface area contributed by atoms with Gasteiger partial charge in [-0.3, -0.25) is 14.3 Å². The van der Waals surface area contributed by atoms with Gasteiger partial charge in [-0.1, -0.05) is 6.08 Å². The number of rotatable bonds is 8. The van der Waals surface area contributed by atoms with Crippen LogP contribution in [0.15, 0.2) is 30.9 Å². The fourth-order valence-corrected chi connectivity index (χ4v) is 2.47. The van der Waals surface area contributed by atoms with Crippen molar-refractivity contribution in [2.45, 2.75) is 33.2 Å². The van der Waals surface area contributed by atoms with Gasteiger partial charge in [0.05, 0.1) is 12.1 Å². The maximum atomic E-state index is 11.9. The van der Waals surface area contributed by atoms with E-state index in [-0.39, 0.29) is 24.1 Å². The molecule has 2 N–H and O–H groups in total. The molecule has 0 unspecified atom stereocenters. The number of amides is 2. The van der Waals surface area contributed by atoms with Crippen LogP contribution >= 0.6 is 0 Å². The van der Waals surface area contributed by atoms with Gasteiger partial charge >= 0.3 is 6.03 Å². The number of ketones is 2. The smallest absolute Gasteiger partial charge is 0.319 e. The second-order valence-corrected chi connectivity index (χ2v) is 5.81. The van der Waals surface area contributed by atoms with Gasteiger partial charge in [0.2, 0.25) is 0 Å². The van der Waals surface area contributed by atoms with Gasteiger partial charge in [0.1, 0.15) is 5.69 Å². The van der Waals surface area contributed by atoms with Crippen LogP contribution in [0.5, 0.6) is 0 Å². The Balaban J connectivity index is 2.22. The Morgan fingerprint density at radius 3 is 2.68 bits per heavy atom. The molecule has 0 saturated heterocycles. The third-order valence-corrected chi connectivity index (χ3v) is 3.59. The Kier molecular flexibility index (Phi) is 6.05. The van der Waals surface area contributed by atoms with Crippen molar-refractivity contribution in [1.82, 2.24) is 15.1 Å². The van der Waals surface area contributed by atoms with Crippen molar-refractivity contribution in [3.8, 4) is 0 Å². The summed E-state index contributed by atoms with van der Waals surface area (Å²) in [5.41, 5.74) is 1.51. The molecule has 2 aromatic rings. The number of nitrogens with one attached hydrogen (secondary N) is 2. The van der Waals surface area contributed by atoms with E-state index in [4.69, 9.17) is 0 Å². The summed E-state index contributed by atoms with van der Waals surface area (Å²) in [4.78, 5) is 35.1. The Labute approximate surface area is 146 Å².